The third-order valence-electron chi connectivity index (χ3n) is 3.34. The maximum atomic E-state index is 4.61. The van der Waals surface area contributed by atoms with Crippen LogP contribution in [0.3, 0.4) is 0 Å². The van der Waals surface area contributed by atoms with Gasteiger partial charge in [0.25, 0.3) is 0 Å². The Bertz CT molecular complexity index is 690. The molecule has 0 radical (unpaired) electrons. The van der Waals surface area contributed by atoms with Crippen LogP contribution < -0.4 is 10.2 Å². The van der Waals surface area contributed by atoms with Gasteiger partial charge in [-0.15, -0.1) is 11.3 Å². The average molecular weight is 313 g/mol. The number of rotatable bonds is 6. The number of hydrogen-bond acceptors (Lipinski definition) is 5. The van der Waals surface area contributed by atoms with Gasteiger partial charge in [0.15, 0.2) is 5.13 Å². The molecule has 3 rings (SSSR count). The summed E-state index contributed by atoms with van der Waals surface area (Å²) in [7, 11) is 4.01. The van der Waals surface area contributed by atoms with E-state index in [0.29, 0.717) is 6.54 Å². The third-order valence-corrected chi connectivity index (χ3v) is 4.39. The summed E-state index contributed by atoms with van der Waals surface area (Å²) in [4.78, 5) is 14.2. The number of imidazole rings is 1. The molecule has 1 aromatic carbocycles. The Hall–Kier alpha value is -2.18. The topological polar surface area (TPSA) is 56.8 Å². The van der Waals surface area contributed by atoms with Gasteiger partial charge in [-0.25, -0.2) is 9.97 Å². The summed E-state index contributed by atoms with van der Waals surface area (Å²) in [5, 5.41) is 6.65. The molecule has 0 amide bonds. The summed E-state index contributed by atoms with van der Waals surface area (Å²) in [6.07, 6.45) is 3.62. The highest BCUT2D eigenvalue weighted by Gasteiger charge is 2.16. The van der Waals surface area contributed by atoms with Crippen molar-refractivity contribution in [3.05, 3.63) is 65.2 Å². The van der Waals surface area contributed by atoms with Crippen LogP contribution in [0.2, 0.25) is 0 Å². The number of anilines is 1. The van der Waals surface area contributed by atoms with Gasteiger partial charge in [-0.3, -0.25) is 5.32 Å². The molecule has 0 aliphatic rings. The Morgan fingerprint density at radius 1 is 1.27 bits per heavy atom. The first-order valence-electron chi connectivity index (χ1n) is 7.13. The molecule has 0 fully saturated rings. The number of hydrogen-bond donors (Lipinski definition) is 2. The summed E-state index contributed by atoms with van der Waals surface area (Å²) in [5.74, 6) is 0.911. The number of benzene rings is 1. The van der Waals surface area contributed by atoms with Crippen molar-refractivity contribution in [1.29, 1.82) is 0 Å². The van der Waals surface area contributed by atoms with Crippen LogP contribution in [-0.2, 0) is 6.54 Å². The molecular weight excluding hydrogens is 294 g/mol. The van der Waals surface area contributed by atoms with Crippen molar-refractivity contribution in [1.82, 2.24) is 20.3 Å². The van der Waals surface area contributed by atoms with Crippen LogP contribution in [-0.4, -0.2) is 29.0 Å². The van der Waals surface area contributed by atoms with Crippen LogP contribution >= 0.6 is 11.3 Å². The largest absolute Gasteiger partial charge is 0.354 e. The Morgan fingerprint density at radius 3 is 2.73 bits per heavy atom. The first kappa shape index (κ1) is 14.7. The second-order valence-corrected chi connectivity index (χ2v) is 6.05. The second kappa shape index (κ2) is 6.72. The van der Waals surface area contributed by atoms with E-state index in [1.165, 1.54) is 5.56 Å². The number of thiazole rings is 1. The maximum absolute atomic E-state index is 4.61. The number of H-pyrrole nitrogens is 1. The lowest BCUT2D eigenvalue weighted by molar-refractivity contribution is 0.575. The van der Waals surface area contributed by atoms with Crippen molar-refractivity contribution in [2.75, 3.05) is 19.0 Å². The van der Waals surface area contributed by atoms with Crippen LogP contribution in [0.25, 0.3) is 0 Å². The molecule has 2 heterocycles. The van der Waals surface area contributed by atoms with Gasteiger partial charge in [0.2, 0.25) is 0 Å². The molecule has 0 aliphatic carbocycles. The smallest absolute Gasteiger partial charge is 0.185 e. The zero-order valence-electron chi connectivity index (χ0n) is 12.7. The van der Waals surface area contributed by atoms with Crippen LogP contribution in [0, 0.1) is 0 Å². The second-order valence-electron chi connectivity index (χ2n) is 5.21. The van der Waals surface area contributed by atoms with Gasteiger partial charge in [0, 0.05) is 38.4 Å². The zero-order valence-corrected chi connectivity index (χ0v) is 13.5. The first-order valence-corrected chi connectivity index (χ1v) is 8.01. The van der Waals surface area contributed by atoms with E-state index >= 15 is 0 Å². The molecule has 0 aliphatic heterocycles. The number of aromatic amines is 1. The predicted molar refractivity (Wildman–Crippen MR) is 90.2 cm³/mol. The van der Waals surface area contributed by atoms with Crippen LogP contribution in [0.5, 0.6) is 0 Å². The van der Waals surface area contributed by atoms with E-state index < -0.39 is 0 Å². The number of nitrogens with zero attached hydrogens (tertiary/aromatic N) is 3. The lowest BCUT2D eigenvalue weighted by Gasteiger charge is -2.16. The van der Waals surface area contributed by atoms with E-state index in [4.69, 9.17) is 0 Å². The highest BCUT2D eigenvalue weighted by atomic mass is 32.1. The summed E-state index contributed by atoms with van der Waals surface area (Å²) >= 11 is 1.65. The van der Waals surface area contributed by atoms with E-state index in [9.17, 15) is 0 Å². The quantitative estimate of drug-likeness (QED) is 0.735. The maximum Gasteiger partial charge on any atom is 0.185 e. The fraction of sp³-hybridized carbons (Fsp3) is 0.250. The Morgan fingerprint density at radius 2 is 2.09 bits per heavy atom. The van der Waals surface area contributed by atoms with Crippen LogP contribution in [0.15, 0.2) is 48.1 Å². The van der Waals surface area contributed by atoms with Crippen molar-refractivity contribution >= 4 is 16.5 Å². The van der Waals surface area contributed by atoms with Gasteiger partial charge in [-0.2, -0.15) is 0 Å². The van der Waals surface area contributed by atoms with Crippen molar-refractivity contribution in [3.8, 4) is 0 Å². The monoisotopic (exact) mass is 313 g/mol. The minimum atomic E-state index is 0.0284. The Labute approximate surface area is 134 Å². The van der Waals surface area contributed by atoms with Crippen LogP contribution in [0.1, 0.15) is 23.1 Å². The molecule has 0 bridgehead atoms. The van der Waals surface area contributed by atoms with Gasteiger partial charge in [-0.05, 0) is 5.56 Å². The lowest BCUT2D eigenvalue weighted by Crippen LogP contribution is -2.23. The van der Waals surface area contributed by atoms with E-state index in [-0.39, 0.29) is 6.04 Å². The van der Waals surface area contributed by atoms with Gasteiger partial charge in [-0.1, -0.05) is 30.3 Å². The fourth-order valence-corrected chi connectivity index (χ4v) is 3.00. The SMILES string of the molecule is CN(C)c1nc(CN[C@@H](c2ccccc2)c2ncc[nH]2)cs1. The molecule has 6 heteroatoms. The highest BCUT2D eigenvalue weighted by molar-refractivity contribution is 7.13. The van der Waals surface area contributed by atoms with E-state index in [1.54, 1.807) is 17.5 Å². The van der Waals surface area contributed by atoms with Gasteiger partial charge >= 0.3 is 0 Å². The standard InChI is InChI=1S/C16H19N5S/c1-21(2)16-20-13(11-22-16)10-19-14(15-17-8-9-18-15)12-6-4-3-5-7-12/h3-9,11,14,19H,10H2,1-2H3,(H,17,18)/t14-/m0/s1. The average Bonchev–Trinajstić information content (AvgIpc) is 3.20. The molecule has 3 aromatic rings. The summed E-state index contributed by atoms with van der Waals surface area (Å²) in [6.45, 7) is 0.699. The van der Waals surface area contributed by atoms with Gasteiger partial charge < -0.3 is 9.88 Å². The van der Waals surface area contributed by atoms with E-state index in [2.05, 4.69) is 37.8 Å². The van der Waals surface area contributed by atoms with Crippen molar-refractivity contribution in [2.45, 2.75) is 12.6 Å². The summed E-state index contributed by atoms with van der Waals surface area (Å²) in [6, 6.07) is 10.3. The molecule has 2 N–H and O–H groups in total. The fourth-order valence-electron chi connectivity index (χ4n) is 2.24. The molecule has 0 saturated carbocycles. The lowest BCUT2D eigenvalue weighted by atomic mass is 10.1. The van der Waals surface area contributed by atoms with Gasteiger partial charge in [0.05, 0.1) is 11.7 Å². The van der Waals surface area contributed by atoms with Crippen molar-refractivity contribution in [3.63, 3.8) is 0 Å². The summed E-state index contributed by atoms with van der Waals surface area (Å²) in [5.41, 5.74) is 2.22. The van der Waals surface area contributed by atoms with Crippen LogP contribution in [0.4, 0.5) is 5.13 Å². The molecule has 22 heavy (non-hydrogen) atoms. The first-order chi connectivity index (χ1) is 10.7. The minimum Gasteiger partial charge on any atom is -0.354 e. The highest BCUT2D eigenvalue weighted by Crippen LogP contribution is 2.21. The summed E-state index contributed by atoms with van der Waals surface area (Å²) < 4.78 is 0. The molecule has 1 atom stereocenters. The minimum absolute atomic E-state index is 0.0284. The molecule has 2 aromatic heterocycles. The third kappa shape index (κ3) is 3.35. The van der Waals surface area contributed by atoms with E-state index in [1.807, 2.05) is 43.4 Å². The Kier molecular flexibility index (Phi) is 4.50. The number of aromatic nitrogens is 3. The molecule has 0 spiro atoms. The normalized spacial score (nSPS) is 12.3. The van der Waals surface area contributed by atoms with E-state index in [0.717, 1.165) is 16.6 Å². The van der Waals surface area contributed by atoms with Crippen molar-refractivity contribution in [2.24, 2.45) is 0 Å². The number of nitrogens with one attached hydrogen (secondary N) is 2. The zero-order chi connectivity index (χ0) is 15.4. The van der Waals surface area contributed by atoms with Crippen molar-refractivity contribution < 1.29 is 0 Å². The molecular formula is C16H19N5S. The molecule has 5 nitrogen and oxygen atoms in total. The molecule has 0 saturated heterocycles. The predicted octanol–water partition coefficient (Wildman–Crippen LogP) is 2.81. The molecule has 114 valence electrons. The Balaban J connectivity index is 1.76. The van der Waals surface area contributed by atoms with Gasteiger partial charge in [0.1, 0.15) is 5.82 Å². The molecule has 0 unspecified atom stereocenters.